The predicted octanol–water partition coefficient (Wildman–Crippen LogP) is 1.42. The van der Waals surface area contributed by atoms with Crippen LogP contribution in [0.3, 0.4) is 0 Å². The summed E-state index contributed by atoms with van der Waals surface area (Å²) in [5, 5.41) is 0. The molecule has 9 heavy (non-hydrogen) atoms. The van der Waals surface area contributed by atoms with E-state index in [0.717, 1.165) is 17.7 Å². The van der Waals surface area contributed by atoms with E-state index in [1.54, 1.807) is 0 Å². The van der Waals surface area contributed by atoms with Gasteiger partial charge >= 0.3 is 0 Å². The van der Waals surface area contributed by atoms with Crippen molar-refractivity contribution in [3.05, 3.63) is 0 Å². The largest absolute Gasteiger partial charge is 0.306 e. The molecule has 0 aliphatic carbocycles. The van der Waals surface area contributed by atoms with E-state index < -0.39 is 0 Å². The van der Waals surface area contributed by atoms with Gasteiger partial charge in [-0.25, -0.2) is 0 Å². The summed E-state index contributed by atoms with van der Waals surface area (Å²) in [6.45, 7) is 4.68. The molecule has 2 atom stereocenters. The van der Waals surface area contributed by atoms with Crippen LogP contribution in [0.2, 0.25) is 0 Å². The zero-order valence-electron chi connectivity index (χ0n) is 6.10. The van der Waals surface area contributed by atoms with E-state index in [1.165, 1.54) is 13.1 Å². The molecule has 54 valence electrons. The molecule has 1 saturated heterocycles. The van der Waals surface area contributed by atoms with E-state index in [9.17, 15) is 0 Å². The Labute approximate surface area is 62.0 Å². The van der Waals surface area contributed by atoms with Gasteiger partial charge in [0.25, 0.3) is 0 Å². The van der Waals surface area contributed by atoms with E-state index in [1.807, 2.05) is 0 Å². The van der Waals surface area contributed by atoms with Crippen LogP contribution in [0.5, 0.6) is 0 Å². The highest BCUT2D eigenvalue weighted by Gasteiger charge is 2.25. The molecule has 0 N–H and O–H groups in total. The summed E-state index contributed by atoms with van der Waals surface area (Å²) in [7, 11) is 2.16. The molecular weight excluding hydrogens is 134 g/mol. The van der Waals surface area contributed by atoms with Crippen molar-refractivity contribution in [1.82, 2.24) is 4.90 Å². The number of nitrogens with zero attached hydrogens (tertiary/aromatic N) is 1. The summed E-state index contributed by atoms with van der Waals surface area (Å²) in [5.74, 6) is 2.36. The van der Waals surface area contributed by atoms with Gasteiger partial charge < -0.3 is 4.90 Å². The third kappa shape index (κ3) is 1.59. The molecule has 0 aromatic heterocycles. The Balaban J connectivity index is 2.38. The topological polar surface area (TPSA) is 3.24 Å². The Morgan fingerprint density at radius 3 is 2.44 bits per heavy atom. The van der Waals surface area contributed by atoms with Crippen molar-refractivity contribution in [3.63, 3.8) is 0 Å². The Kier molecular flexibility index (Phi) is 2.36. The summed E-state index contributed by atoms with van der Waals surface area (Å²) in [4.78, 5) is 2.34. The molecule has 0 saturated carbocycles. The van der Waals surface area contributed by atoms with Crippen LogP contribution in [-0.2, 0) is 0 Å². The van der Waals surface area contributed by atoms with Gasteiger partial charge in [-0.2, -0.15) is 0 Å². The Morgan fingerprint density at radius 2 is 2.22 bits per heavy atom. The van der Waals surface area contributed by atoms with Crippen LogP contribution in [0.15, 0.2) is 0 Å². The van der Waals surface area contributed by atoms with Crippen molar-refractivity contribution >= 4 is 11.6 Å². The normalized spacial score (nSPS) is 37.7. The van der Waals surface area contributed by atoms with Crippen LogP contribution in [0.25, 0.3) is 0 Å². The molecule has 0 radical (unpaired) electrons. The minimum absolute atomic E-state index is 0.733. The summed E-state index contributed by atoms with van der Waals surface area (Å²) >= 11 is 5.74. The zero-order valence-corrected chi connectivity index (χ0v) is 6.86. The average Bonchev–Trinajstić information content (AvgIpc) is 2.10. The van der Waals surface area contributed by atoms with Gasteiger partial charge in [-0.3, -0.25) is 0 Å². The number of hydrogen-bond donors (Lipinski definition) is 0. The second-order valence-electron chi connectivity index (χ2n) is 3.11. The molecule has 1 aliphatic heterocycles. The Bertz CT molecular complexity index is 94.9. The maximum atomic E-state index is 5.74. The lowest BCUT2D eigenvalue weighted by atomic mass is 10.0. The minimum Gasteiger partial charge on any atom is -0.306 e. The molecule has 1 heterocycles. The fourth-order valence-corrected chi connectivity index (χ4v) is 1.90. The minimum atomic E-state index is 0.733. The second kappa shape index (κ2) is 2.89. The fraction of sp³-hybridized carbons (Fsp3) is 1.00. The van der Waals surface area contributed by atoms with Gasteiger partial charge in [0.15, 0.2) is 0 Å². The van der Waals surface area contributed by atoms with Crippen molar-refractivity contribution in [2.24, 2.45) is 11.8 Å². The van der Waals surface area contributed by atoms with E-state index in [0.29, 0.717) is 0 Å². The summed E-state index contributed by atoms with van der Waals surface area (Å²) in [6, 6.07) is 0. The van der Waals surface area contributed by atoms with Gasteiger partial charge in [-0.15, -0.1) is 11.6 Å². The van der Waals surface area contributed by atoms with Crippen LogP contribution in [0, 0.1) is 11.8 Å². The lowest BCUT2D eigenvalue weighted by Crippen LogP contribution is -2.14. The molecule has 0 spiro atoms. The summed E-state index contributed by atoms with van der Waals surface area (Å²) in [5.41, 5.74) is 0. The summed E-state index contributed by atoms with van der Waals surface area (Å²) in [6.07, 6.45) is 0. The highest BCUT2D eigenvalue weighted by atomic mass is 35.5. The van der Waals surface area contributed by atoms with Gasteiger partial charge in [0, 0.05) is 19.0 Å². The molecule has 1 aliphatic rings. The van der Waals surface area contributed by atoms with Crippen molar-refractivity contribution < 1.29 is 0 Å². The van der Waals surface area contributed by atoms with Gasteiger partial charge in [-0.1, -0.05) is 6.92 Å². The lowest BCUT2D eigenvalue weighted by molar-refractivity contribution is 0.398. The first-order valence-electron chi connectivity index (χ1n) is 3.48. The second-order valence-corrected chi connectivity index (χ2v) is 3.42. The van der Waals surface area contributed by atoms with E-state index in [4.69, 9.17) is 11.6 Å². The molecule has 0 aromatic carbocycles. The van der Waals surface area contributed by atoms with Crippen LogP contribution in [-0.4, -0.2) is 30.9 Å². The van der Waals surface area contributed by atoms with Gasteiger partial charge in [0.1, 0.15) is 0 Å². The van der Waals surface area contributed by atoms with Crippen LogP contribution in [0.1, 0.15) is 6.92 Å². The third-order valence-corrected chi connectivity index (χ3v) is 2.55. The first-order valence-corrected chi connectivity index (χ1v) is 4.02. The van der Waals surface area contributed by atoms with E-state index in [2.05, 4.69) is 18.9 Å². The van der Waals surface area contributed by atoms with Gasteiger partial charge in [0.05, 0.1) is 0 Å². The highest BCUT2D eigenvalue weighted by molar-refractivity contribution is 6.18. The molecule has 1 nitrogen and oxygen atoms in total. The Hall–Kier alpha value is 0.250. The first-order chi connectivity index (χ1) is 4.24. The maximum Gasteiger partial charge on any atom is 0.0267 e. The quantitative estimate of drug-likeness (QED) is 0.508. The molecule has 0 bridgehead atoms. The first kappa shape index (κ1) is 7.36. The number of alkyl halides is 1. The van der Waals surface area contributed by atoms with Crippen molar-refractivity contribution in [2.75, 3.05) is 26.0 Å². The van der Waals surface area contributed by atoms with Crippen molar-refractivity contribution in [2.45, 2.75) is 6.92 Å². The number of likely N-dealkylation sites (tertiary alicyclic amines) is 1. The Morgan fingerprint density at radius 1 is 1.56 bits per heavy atom. The molecule has 1 fully saturated rings. The number of hydrogen-bond acceptors (Lipinski definition) is 1. The fourth-order valence-electron chi connectivity index (χ4n) is 1.50. The van der Waals surface area contributed by atoms with Gasteiger partial charge in [0.2, 0.25) is 0 Å². The smallest absolute Gasteiger partial charge is 0.0267 e. The van der Waals surface area contributed by atoms with E-state index in [-0.39, 0.29) is 0 Å². The molecule has 2 unspecified atom stereocenters. The third-order valence-electron chi connectivity index (χ3n) is 2.15. The SMILES string of the molecule is CC1CN(C)CC1CCl. The molecule has 0 amide bonds. The van der Waals surface area contributed by atoms with Crippen LogP contribution < -0.4 is 0 Å². The van der Waals surface area contributed by atoms with Crippen LogP contribution in [0.4, 0.5) is 0 Å². The summed E-state index contributed by atoms with van der Waals surface area (Å²) < 4.78 is 0. The molecule has 0 aromatic rings. The van der Waals surface area contributed by atoms with Crippen LogP contribution >= 0.6 is 11.6 Å². The number of halogens is 1. The molecular formula is C7H14ClN. The van der Waals surface area contributed by atoms with Crippen molar-refractivity contribution in [1.29, 1.82) is 0 Å². The standard InChI is InChI=1S/C7H14ClN/c1-6-4-9(2)5-7(6)3-8/h6-7H,3-5H2,1-2H3. The predicted molar refractivity (Wildman–Crippen MR) is 40.9 cm³/mol. The monoisotopic (exact) mass is 147 g/mol. The molecule has 1 rings (SSSR count). The zero-order chi connectivity index (χ0) is 6.85. The molecule has 2 heteroatoms. The van der Waals surface area contributed by atoms with E-state index >= 15 is 0 Å². The number of rotatable bonds is 1. The lowest BCUT2D eigenvalue weighted by Gasteiger charge is -2.07. The highest BCUT2D eigenvalue weighted by Crippen LogP contribution is 2.21. The average molecular weight is 148 g/mol. The maximum absolute atomic E-state index is 5.74. The van der Waals surface area contributed by atoms with Crippen molar-refractivity contribution in [3.8, 4) is 0 Å². The van der Waals surface area contributed by atoms with Gasteiger partial charge in [-0.05, 0) is 18.9 Å².